The van der Waals surface area contributed by atoms with E-state index >= 15 is 0 Å². The number of carboxylic acid groups (broad SMARTS) is 1. The summed E-state index contributed by atoms with van der Waals surface area (Å²) in [6.45, 7) is 4.13. The van der Waals surface area contributed by atoms with Gasteiger partial charge in [0.1, 0.15) is 11.4 Å². The number of nitrogens with one attached hydrogen (secondary N) is 3. The van der Waals surface area contributed by atoms with Gasteiger partial charge in [-0.25, -0.2) is 9.78 Å². The number of carbonyl (C=O) groups is 1. The van der Waals surface area contributed by atoms with E-state index in [1.54, 1.807) is 13.1 Å². The van der Waals surface area contributed by atoms with Crippen LogP contribution in [0.5, 0.6) is 0 Å². The minimum Gasteiger partial charge on any atom is -0.465 e. The average molecular weight is 415 g/mol. The van der Waals surface area contributed by atoms with Crippen molar-refractivity contribution in [3.05, 3.63) is 23.7 Å². The number of nitrogens with zero attached hydrogens (tertiary/aromatic N) is 4. The molecule has 0 atom stereocenters. The van der Waals surface area contributed by atoms with E-state index in [1.807, 2.05) is 11.6 Å². The van der Waals surface area contributed by atoms with Crippen molar-refractivity contribution in [2.75, 3.05) is 24.2 Å². The zero-order chi connectivity index (χ0) is 21.6. The number of anilines is 3. The molecule has 4 N–H and O–H groups in total. The fourth-order valence-electron chi connectivity index (χ4n) is 2.66. The van der Waals surface area contributed by atoms with Crippen molar-refractivity contribution < 1.29 is 23.1 Å². The van der Waals surface area contributed by atoms with Crippen molar-refractivity contribution in [3.63, 3.8) is 0 Å². The molecule has 0 bridgehead atoms. The molecule has 1 saturated carbocycles. The SMILES string of the molecule is CCNC(=O)O.CNc1nc(Nc2cnn(C3CCC3)c2C)ncc1C(F)(F)F. The Morgan fingerprint density at radius 2 is 2.03 bits per heavy atom. The molecular formula is C17H24F3N7O2. The fourth-order valence-corrected chi connectivity index (χ4v) is 2.66. The summed E-state index contributed by atoms with van der Waals surface area (Å²) in [6.07, 6.45) is 0.353. The standard InChI is InChI=1S/C14H17F3N6.C3H7NO2/c1-8-11(7-20-23(8)9-4-3-5-9)21-13-19-6-10(14(15,16)17)12(18-2)22-13;1-2-4-3(5)6/h6-7,9H,3-5H2,1-2H3,(H2,18,19,21,22);4H,2H2,1H3,(H,5,6). The smallest absolute Gasteiger partial charge is 0.421 e. The third kappa shape index (κ3) is 5.72. The Balaban J connectivity index is 0.000000438. The Bertz CT molecular complexity index is 835. The zero-order valence-corrected chi connectivity index (χ0v) is 16.3. The largest absolute Gasteiger partial charge is 0.465 e. The summed E-state index contributed by atoms with van der Waals surface area (Å²) in [5.74, 6) is -0.169. The summed E-state index contributed by atoms with van der Waals surface area (Å²) in [4.78, 5) is 17.1. The lowest BCUT2D eigenvalue weighted by molar-refractivity contribution is -0.137. The van der Waals surface area contributed by atoms with Crippen molar-refractivity contribution in [3.8, 4) is 0 Å². The molecule has 12 heteroatoms. The van der Waals surface area contributed by atoms with Crippen LogP contribution in [0.4, 0.5) is 35.4 Å². The van der Waals surface area contributed by atoms with Crippen LogP contribution in [0.3, 0.4) is 0 Å². The van der Waals surface area contributed by atoms with Crippen molar-refractivity contribution in [2.45, 2.75) is 45.3 Å². The third-order valence-corrected chi connectivity index (χ3v) is 4.37. The van der Waals surface area contributed by atoms with Gasteiger partial charge in [-0.2, -0.15) is 23.3 Å². The fraction of sp³-hybridized carbons (Fsp3) is 0.529. The van der Waals surface area contributed by atoms with Crippen molar-refractivity contribution >= 4 is 23.5 Å². The van der Waals surface area contributed by atoms with E-state index in [-0.39, 0.29) is 11.8 Å². The average Bonchev–Trinajstić information content (AvgIpc) is 2.93. The predicted molar refractivity (Wildman–Crippen MR) is 101 cm³/mol. The van der Waals surface area contributed by atoms with Crippen molar-refractivity contribution in [2.24, 2.45) is 0 Å². The van der Waals surface area contributed by atoms with Gasteiger partial charge in [-0.1, -0.05) is 0 Å². The van der Waals surface area contributed by atoms with Crippen LogP contribution in [0.15, 0.2) is 12.4 Å². The van der Waals surface area contributed by atoms with Crippen LogP contribution in [0.2, 0.25) is 0 Å². The molecule has 160 valence electrons. The van der Waals surface area contributed by atoms with Crippen LogP contribution in [0.1, 0.15) is 43.5 Å². The van der Waals surface area contributed by atoms with Gasteiger partial charge >= 0.3 is 12.3 Å². The highest BCUT2D eigenvalue weighted by Crippen LogP contribution is 2.35. The Hall–Kier alpha value is -3.05. The first-order valence-corrected chi connectivity index (χ1v) is 9.07. The van der Waals surface area contributed by atoms with Gasteiger partial charge in [0.15, 0.2) is 0 Å². The highest BCUT2D eigenvalue weighted by molar-refractivity contribution is 5.64. The van der Waals surface area contributed by atoms with E-state index in [4.69, 9.17) is 5.11 Å². The molecule has 3 rings (SSSR count). The Morgan fingerprint density at radius 1 is 1.34 bits per heavy atom. The summed E-state index contributed by atoms with van der Waals surface area (Å²) >= 11 is 0. The number of alkyl halides is 3. The maximum absolute atomic E-state index is 12.8. The van der Waals surface area contributed by atoms with E-state index in [0.717, 1.165) is 24.7 Å². The maximum atomic E-state index is 12.8. The quantitative estimate of drug-likeness (QED) is 0.587. The van der Waals surface area contributed by atoms with Gasteiger partial charge in [-0.3, -0.25) is 4.68 Å². The molecule has 1 aliphatic rings. The van der Waals surface area contributed by atoms with Crippen LogP contribution in [-0.2, 0) is 6.18 Å². The molecule has 0 aliphatic heterocycles. The predicted octanol–water partition coefficient (Wildman–Crippen LogP) is 3.78. The molecule has 0 saturated heterocycles. The number of amides is 1. The second-order valence-electron chi connectivity index (χ2n) is 6.34. The summed E-state index contributed by atoms with van der Waals surface area (Å²) < 4.78 is 40.5. The minimum absolute atomic E-state index is 0.0959. The molecule has 0 radical (unpaired) electrons. The first kappa shape index (κ1) is 22.2. The monoisotopic (exact) mass is 415 g/mol. The zero-order valence-electron chi connectivity index (χ0n) is 16.3. The topological polar surface area (TPSA) is 117 Å². The molecule has 2 aromatic rings. The van der Waals surface area contributed by atoms with Gasteiger partial charge in [0, 0.05) is 19.8 Å². The van der Waals surface area contributed by atoms with Crippen LogP contribution in [0.25, 0.3) is 0 Å². The molecule has 9 nitrogen and oxygen atoms in total. The van der Waals surface area contributed by atoms with E-state index in [9.17, 15) is 18.0 Å². The van der Waals surface area contributed by atoms with Crippen molar-refractivity contribution in [1.82, 2.24) is 25.1 Å². The van der Waals surface area contributed by atoms with Crippen LogP contribution >= 0.6 is 0 Å². The lowest BCUT2D eigenvalue weighted by Gasteiger charge is -2.27. The molecule has 0 unspecified atom stereocenters. The molecule has 0 aromatic carbocycles. The number of hydrogen-bond acceptors (Lipinski definition) is 6. The highest BCUT2D eigenvalue weighted by atomic mass is 19.4. The Labute approximate surface area is 165 Å². The number of rotatable bonds is 5. The molecule has 2 aromatic heterocycles. The van der Waals surface area contributed by atoms with Crippen LogP contribution in [0, 0.1) is 6.92 Å². The lowest BCUT2D eigenvalue weighted by Crippen LogP contribution is -2.19. The normalized spacial score (nSPS) is 13.7. The van der Waals surface area contributed by atoms with E-state index in [0.29, 0.717) is 18.3 Å². The van der Waals surface area contributed by atoms with E-state index < -0.39 is 17.8 Å². The van der Waals surface area contributed by atoms with Gasteiger partial charge in [0.05, 0.1) is 23.6 Å². The van der Waals surface area contributed by atoms with Gasteiger partial charge in [-0.15, -0.1) is 0 Å². The van der Waals surface area contributed by atoms with Gasteiger partial charge < -0.3 is 21.1 Å². The van der Waals surface area contributed by atoms with Gasteiger partial charge in [-0.05, 0) is 33.1 Å². The molecule has 1 aliphatic carbocycles. The van der Waals surface area contributed by atoms with Crippen molar-refractivity contribution in [1.29, 1.82) is 0 Å². The van der Waals surface area contributed by atoms with Crippen LogP contribution < -0.4 is 16.0 Å². The summed E-state index contributed by atoms with van der Waals surface area (Å²) in [7, 11) is 1.39. The Morgan fingerprint density at radius 3 is 2.48 bits per heavy atom. The lowest BCUT2D eigenvalue weighted by atomic mass is 9.93. The third-order valence-electron chi connectivity index (χ3n) is 4.37. The van der Waals surface area contributed by atoms with Gasteiger partial charge in [0.2, 0.25) is 5.95 Å². The number of halogens is 3. The van der Waals surface area contributed by atoms with Gasteiger partial charge in [0.25, 0.3) is 0 Å². The summed E-state index contributed by atoms with van der Waals surface area (Å²) in [6, 6.07) is 0.409. The van der Waals surface area contributed by atoms with Crippen LogP contribution in [-0.4, -0.2) is 44.5 Å². The molecule has 2 heterocycles. The minimum atomic E-state index is -4.50. The number of hydrogen-bond donors (Lipinski definition) is 4. The second kappa shape index (κ2) is 9.43. The van der Waals surface area contributed by atoms with E-state index in [1.165, 1.54) is 13.5 Å². The molecule has 1 fully saturated rings. The first-order chi connectivity index (χ1) is 13.7. The maximum Gasteiger partial charge on any atom is 0.421 e. The highest BCUT2D eigenvalue weighted by Gasteiger charge is 2.35. The molecular weight excluding hydrogens is 391 g/mol. The first-order valence-electron chi connectivity index (χ1n) is 9.07. The second-order valence-corrected chi connectivity index (χ2v) is 6.34. The van der Waals surface area contributed by atoms with E-state index in [2.05, 4.69) is 31.0 Å². The Kier molecular flexibility index (Phi) is 7.23. The molecule has 1 amide bonds. The summed E-state index contributed by atoms with van der Waals surface area (Å²) in [5.41, 5.74) is 0.718. The molecule has 0 spiro atoms. The summed E-state index contributed by atoms with van der Waals surface area (Å²) in [5, 5.41) is 19.7. The number of aromatic nitrogens is 4. The molecule has 29 heavy (non-hydrogen) atoms.